The zero-order chi connectivity index (χ0) is 13.5. The second-order valence-corrected chi connectivity index (χ2v) is 2.58. The molecule has 0 amide bonds. The molecule has 0 aliphatic heterocycles. The number of aliphatic carboxylic acids is 3. The maximum atomic E-state index is 9.77. The van der Waals surface area contributed by atoms with Crippen molar-refractivity contribution in [1.29, 1.82) is 0 Å². The largest absolute Gasteiger partial charge is 0.479 e. The van der Waals surface area contributed by atoms with Gasteiger partial charge in [-0.25, -0.2) is 14.4 Å². The van der Waals surface area contributed by atoms with Crippen LogP contribution >= 0.6 is 0 Å². The van der Waals surface area contributed by atoms with Crippen LogP contribution in [0, 0.1) is 0 Å². The molecular formula is C7H12O9. The standard InChI is InChI=1S/C4H6O6.C3H6O3/c5-1(3(7)8)2(6)4(9)10;1-2(4)3(5)6/h1-2,5-6H,(H,7,8)(H,9,10);2,4H,1H3,(H,5,6)/t1-,2-;2-/m10/s1. The summed E-state index contributed by atoms with van der Waals surface area (Å²) in [4.78, 5) is 29.0. The third-order valence-corrected chi connectivity index (χ3v) is 1.16. The van der Waals surface area contributed by atoms with Gasteiger partial charge in [0, 0.05) is 0 Å². The second kappa shape index (κ2) is 7.56. The van der Waals surface area contributed by atoms with E-state index in [4.69, 9.17) is 30.6 Å². The predicted molar refractivity (Wildman–Crippen MR) is 46.6 cm³/mol. The van der Waals surface area contributed by atoms with E-state index in [0.29, 0.717) is 0 Å². The Morgan fingerprint density at radius 2 is 0.938 bits per heavy atom. The summed E-state index contributed by atoms with van der Waals surface area (Å²) in [6.45, 7) is 1.20. The van der Waals surface area contributed by atoms with Gasteiger partial charge in [0.25, 0.3) is 0 Å². The van der Waals surface area contributed by atoms with Crippen molar-refractivity contribution in [2.75, 3.05) is 0 Å². The zero-order valence-corrected chi connectivity index (χ0v) is 8.14. The Kier molecular flexibility index (Phi) is 7.90. The molecule has 9 nitrogen and oxygen atoms in total. The van der Waals surface area contributed by atoms with Crippen molar-refractivity contribution in [2.45, 2.75) is 25.2 Å². The fraction of sp³-hybridized carbons (Fsp3) is 0.571. The molecule has 0 saturated heterocycles. The van der Waals surface area contributed by atoms with Gasteiger partial charge >= 0.3 is 17.9 Å². The quantitative estimate of drug-likeness (QED) is 0.306. The Labute approximate surface area is 89.2 Å². The van der Waals surface area contributed by atoms with E-state index in [1.165, 1.54) is 6.92 Å². The molecule has 0 aromatic rings. The summed E-state index contributed by atoms with van der Waals surface area (Å²) >= 11 is 0. The normalized spacial score (nSPS) is 15.0. The Bertz CT molecular complexity index is 241. The highest BCUT2D eigenvalue weighted by Gasteiger charge is 2.29. The van der Waals surface area contributed by atoms with Crippen LogP contribution in [-0.2, 0) is 14.4 Å². The molecule has 3 atom stereocenters. The van der Waals surface area contributed by atoms with Gasteiger partial charge in [0.15, 0.2) is 12.2 Å². The van der Waals surface area contributed by atoms with Crippen molar-refractivity contribution < 1.29 is 45.0 Å². The fourth-order valence-corrected chi connectivity index (χ4v) is 0.270. The Morgan fingerprint density at radius 1 is 0.750 bits per heavy atom. The molecule has 0 unspecified atom stereocenters. The molecule has 16 heavy (non-hydrogen) atoms. The van der Waals surface area contributed by atoms with Crippen molar-refractivity contribution in [3.05, 3.63) is 0 Å². The molecule has 0 aliphatic rings. The molecule has 0 aromatic carbocycles. The molecule has 0 saturated carbocycles. The summed E-state index contributed by atoms with van der Waals surface area (Å²) in [7, 11) is 0. The number of aliphatic hydroxyl groups is 3. The van der Waals surface area contributed by atoms with Crippen molar-refractivity contribution in [3.8, 4) is 0 Å². The lowest BCUT2D eigenvalue weighted by molar-refractivity contribution is -0.165. The third kappa shape index (κ3) is 7.67. The lowest BCUT2D eigenvalue weighted by Gasteiger charge is -2.07. The molecule has 0 fully saturated rings. The van der Waals surface area contributed by atoms with Crippen molar-refractivity contribution in [3.63, 3.8) is 0 Å². The molecule has 0 rings (SSSR count). The first-order valence-electron chi connectivity index (χ1n) is 3.83. The van der Waals surface area contributed by atoms with E-state index in [1.54, 1.807) is 0 Å². The predicted octanol–water partition coefficient (Wildman–Crippen LogP) is -2.67. The van der Waals surface area contributed by atoms with Crippen LogP contribution in [0.15, 0.2) is 0 Å². The topological polar surface area (TPSA) is 173 Å². The third-order valence-electron chi connectivity index (χ3n) is 1.16. The number of carbonyl (C=O) groups is 3. The first kappa shape index (κ1) is 16.7. The number of hydrogen-bond acceptors (Lipinski definition) is 6. The van der Waals surface area contributed by atoms with Gasteiger partial charge in [-0.05, 0) is 6.92 Å². The first-order chi connectivity index (χ1) is 7.11. The molecule has 94 valence electrons. The van der Waals surface area contributed by atoms with E-state index < -0.39 is 36.2 Å². The first-order valence-corrected chi connectivity index (χ1v) is 3.83. The van der Waals surface area contributed by atoms with Gasteiger partial charge < -0.3 is 30.6 Å². The lowest BCUT2D eigenvalue weighted by atomic mass is 10.2. The monoisotopic (exact) mass is 240 g/mol. The minimum Gasteiger partial charge on any atom is -0.479 e. The van der Waals surface area contributed by atoms with Crippen LogP contribution in [-0.4, -0.2) is 66.9 Å². The zero-order valence-electron chi connectivity index (χ0n) is 8.14. The van der Waals surface area contributed by atoms with Gasteiger partial charge in [-0.2, -0.15) is 0 Å². The SMILES string of the molecule is C[C@H](O)C(=O)O.O=C(O)[C@H](O)[C@@H](O)C(=O)O. The average molecular weight is 240 g/mol. The summed E-state index contributed by atoms with van der Waals surface area (Å²) in [5.74, 6) is -4.72. The van der Waals surface area contributed by atoms with Crippen LogP contribution in [0.2, 0.25) is 0 Å². The molecule has 0 heterocycles. The maximum absolute atomic E-state index is 9.77. The molecular weight excluding hydrogens is 228 g/mol. The Morgan fingerprint density at radius 3 is 1.00 bits per heavy atom. The van der Waals surface area contributed by atoms with Crippen molar-refractivity contribution >= 4 is 17.9 Å². The van der Waals surface area contributed by atoms with Gasteiger partial charge in [0.2, 0.25) is 0 Å². The molecule has 0 bridgehead atoms. The Balaban J connectivity index is 0. The molecule has 0 aromatic heterocycles. The summed E-state index contributed by atoms with van der Waals surface area (Å²) in [6, 6.07) is 0. The smallest absolute Gasteiger partial charge is 0.335 e. The number of aliphatic hydroxyl groups excluding tert-OH is 3. The van der Waals surface area contributed by atoms with E-state index in [0.717, 1.165) is 0 Å². The van der Waals surface area contributed by atoms with Crippen LogP contribution in [0.5, 0.6) is 0 Å². The summed E-state index contributed by atoms with van der Waals surface area (Å²) in [5, 5.41) is 48.3. The van der Waals surface area contributed by atoms with E-state index in [9.17, 15) is 14.4 Å². The highest BCUT2D eigenvalue weighted by Crippen LogP contribution is 1.92. The molecule has 9 heteroatoms. The second-order valence-electron chi connectivity index (χ2n) is 2.58. The van der Waals surface area contributed by atoms with Gasteiger partial charge in [-0.1, -0.05) is 0 Å². The minimum atomic E-state index is -2.27. The van der Waals surface area contributed by atoms with Crippen LogP contribution in [0.25, 0.3) is 0 Å². The van der Waals surface area contributed by atoms with E-state index in [1.807, 2.05) is 0 Å². The molecule has 0 radical (unpaired) electrons. The highest BCUT2D eigenvalue weighted by atomic mass is 16.4. The highest BCUT2D eigenvalue weighted by molar-refractivity contribution is 5.83. The molecule has 0 aliphatic carbocycles. The maximum Gasteiger partial charge on any atom is 0.335 e. The number of hydrogen-bond donors (Lipinski definition) is 6. The molecule has 6 N–H and O–H groups in total. The van der Waals surface area contributed by atoms with Crippen molar-refractivity contribution in [1.82, 2.24) is 0 Å². The summed E-state index contributed by atoms with van der Waals surface area (Å²) in [5.41, 5.74) is 0. The van der Waals surface area contributed by atoms with Crippen LogP contribution in [0.1, 0.15) is 6.92 Å². The number of rotatable bonds is 4. The molecule has 0 spiro atoms. The van der Waals surface area contributed by atoms with Gasteiger partial charge in [0.1, 0.15) is 6.10 Å². The number of carboxylic acid groups (broad SMARTS) is 3. The Hall–Kier alpha value is -1.71. The fourth-order valence-electron chi connectivity index (χ4n) is 0.270. The van der Waals surface area contributed by atoms with Gasteiger partial charge in [-0.15, -0.1) is 0 Å². The van der Waals surface area contributed by atoms with Crippen LogP contribution in [0.3, 0.4) is 0 Å². The van der Waals surface area contributed by atoms with E-state index >= 15 is 0 Å². The lowest BCUT2D eigenvalue weighted by Crippen LogP contribution is -2.39. The van der Waals surface area contributed by atoms with Crippen molar-refractivity contribution in [2.24, 2.45) is 0 Å². The van der Waals surface area contributed by atoms with Crippen LogP contribution in [0.4, 0.5) is 0 Å². The summed E-state index contributed by atoms with van der Waals surface area (Å²) in [6.07, 6.45) is -5.76. The van der Waals surface area contributed by atoms with E-state index in [2.05, 4.69) is 0 Å². The van der Waals surface area contributed by atoms with Gasteiger partial charge in [0.05, 0.1) is 0 Å². The van der Waals surface area contributed by atoms with Crippen LogP contribution < -0.4 is 0 Å². The average Bonchev–Trinajstić information content (AvgIpc) is 2.15. The van der Waals surface area contributed by atoms with E-state index in [-0.39, 0.29) is 0 Å². The number of carboxylic acids is 3. The van der Waals surface area contributed by atoms with Gasteiger partial charge in [-0.3, -0.25) is 0 Å². The summed E-state index contributed by atoms with van der Waals surface area (Å²) < 4.78 is 0. The minimum absolute atomic E-state index is 1.19.